The number of nitrogens with zero attached hydrogens (tertiary/aromatic N) is 3. The minimum Gasteiger partial charge on any atom is -0.260 e. The van der Waals surface area contributed by atoms with Gasteiger partial charge in [0.15, 0.2) is 0 Å². The molecule has 0 saturated carbocycles. The van der Waals surface area contributed by atoms with Gasteiger partial charge in [0, 0.05) is 18.1 Å². The SMILES string of the molecule is Cc1cc2nc(-c3ncccc3C)sc2cn1. The van der Waals surface area contributed by atoms with Gasteiger partial charge in [0.05, 0.1) is 10.2 Å². The highest BCUT2D eigenvalue weighted by atomic mass is 32.1. The Hall–Kier alpha value is -1.81. The second-order valence-corrected chi connectivity index (χ2v) is 5.01. The third kappa shape index (κ3) is 1.80. The number of thiazole rings is 1. The van der Waals surface area contributed by atoms with Crippen molar-refractivity contribution in [3.63, 3.8) is 0 Å². The molecule has 0 radical (unpaired) electrons. The zero-order chi connectivity index (χ0) is 11.8. The third-order valence-corrected chi connectivity index (χ3v) is 3.64. The maximum Gasteiger partial charge on any atom is 0.143 e. The van der Waals surface area contributed by atoms with Crippen molar-refractivity contribution < 1.29 is 0 Å². The molecule has 0 atom stereocenters. The van der Waals surface area contributed by atoms with E-state index in [0.29, 0.717) is 0 Å². The highest BCUT2D eigenvalue weighted by Gasteiger charge is 2.09. The summed E-state index contributed by atoms with van der Waals surface area (Å²) in [5.41, 5.74) is 4.11. The molecule has 0 bridgehead atoms. The Kier molecular flexibility index (Phi) is 2.37. The van der Waals surface area contributed by atoms with Gasteiger partial charge in [-0.25, -0.2) is 4.98 Å². The van der Waals surface area contributed by atoms with Crippen molar-refractivity contribution in [3.05, 3.63) is 41.9 Å². The van der Waals surface area contributed by atoms with Crippen molar-refractivity contribution in [2.24, 2.45) is 0 Å². The van der Waals surface area contributed by atoms with Gasteiger partial charge in [-0.05, 0) is 31.5 Å². The van der Waals surface area contributed by atoms with Gasteiger partial charge in [-0.2, -0.15) is 0 Å². The van der Waals surface area contributed by atoms with Crippen LogP contribution in [0.2, 0.25) is 0 Å². The van der Waals surface area contributed by atoms with Crippen LogP contribution in [-0.2, 0) is 0 Å². The monoisotopic (exact) mass is 241 g/mol. The zero-order valence-corrected chi connectivity index (χ0v) is 10.5. The number of pyridine rings is 2. The second kappa shape index (κ2) is 3.89. The quantitative estimate of drug-likeness (QED) is 0.655. The molecule has 0 unspecified atom stereocenters. The zero-order valence-electron chi connectivity index (χ0n) is 9.64. The Morgan fingerprint density at radius 1 is 1.18 bits per heavy atom. The molecule has 0 aromatic carbocycles. The molecule has 0 aliphatic heterocycles. The summed E-state index contributed by atoms with van der Waals surface area (Å²) in [4.78, 5) is 13.3. The lowest BCUT2D eigenvalue weighted by atomic mass is 10.2. The molecule has 4 heteroatoms. The Labute approximate surface area is 103 Å². The topological polar surface area (TPSA) is 38.7 Å². The number of hydrogen-bond donors (Lipinski definition) is 0. The predicted molar refractivity (Wildman–Crippen MR) is 70.1 cm³/mol. The van der Waals surface area contributed by atoms with Crippen LogP contribution < -0.4 is 0 Å². The fourth-order valence-electron chi connectivity index (χ4n) is 1.75. The molecule has 3 rings (SSSR count). The first kappa shape index (κ1) is 10.4. The summed E-state index contributed by atoms with van der Waals surface area (Å²) in [6, 6.07) is 6.00. The van der Waals surface area contributed by atoms with Crippen LogP contribution in [0.5, 0.6) is 0 Å². The van der Waals surface area contributed by atoms with Gasteiger partial charge in [-0.15, -0.1) is 11.3 Å². The molecule has 84 valence electrons. The lowest BCUT2D eigenvalue weighted by Gasteiger charge is -1.98. The maximum atomic E-state index is 4.62. The van der Waals surface area contributed by atoms with E-state index in [1.165, 1.54) is 0 Å². The number of fused-ring (bicyclic) bond motifs is 1. The van der Waals surface area contributed by atoms with Crippen LogP contribution in [0.4, 0.5) is 0 Å². The standard InChI is InChI=1S/C13H11N3S/c1-8-4-3-5-14-12(8)13-16-10-6-9(2)15-7-11(10)17-13/h3-7H,1-2H3. The lowest BCUT2D eigenvalue weighted by Crippen LogP contribution is -1.85. The summed E-state index contributed by atoms with van der Waals surface area (Å²) >= 11 is 1.64. The Morgan fingerprint density at radius 3 is 2.88 bits per heavy atom. The number of aromatic nitrogens is 3. The van der Waals surface area contributed by atoms with Gasteiger partial charge >= 0.3 is 0 Å². The van der Waals surface area contributed by atoms with Crippen LogP contribution in [0, 0.1) is 13.8 Å². The highest BCUT2D eigenvalue weighted by Crippen LogP contribution is 2.30. The van der Waals surface area contributed by atoms with Crippen molar-refractivity contribution in [1.29, 1.82) is 0 Å². The van der Waals surface area contributed by atoms with Crippen LogP contribution >= 0.6 is 11.3 Å². The molecule has 0 fully saturated rings. The molecular weight excluding hydrogens is 230 g/mol. The summed E-state index contributed by atoms with van der Waals surface area (Å²) in [7, 11) is 0. The van der Waals surface area contributed by atoms with Gasteiger partial charge in [-0.3, -0.25) is 9.97 Å². The lowest BCUT2D eigenvalue weighted by molar-refractivity contribution is 1.22. The normalized spacial score (nSPS) is 10.9. The summed E-state index contributed by atoms with van der Waals surface area (Å²) in [5, 5.41) is 0.963. The average Bonchev–Trinajstić information content (AvgIpc) is 2.72. The van der Waals surface area contributed by atoms with E-state index < -0.39 is 0 Å². The molecule has 0 aliphatic rings. The molecule has 0 spiro atoms. The van der Waals surface area contributed by atoms with Gasteiger partial charge in [0.25, 0.3) is 0 Å². The van der Waals surface area contributed by atoms with Crippen molar-refractivity contribution in [2.45, 2.75) is 13.8 Å². The number of rotatable bonds is 1. The molecule has 3 nitrogen and oxygen atoms in total. The van der Waals surface area contributed by atoms with Gasteiger partial charge in [0.1, 0.15) is 10.7 Å². The molecule has 3 aromatic rings. The molecule has 0 N–H and O–H groups in total. The Bertz CT molecular complexity index is 688. The van der Waals surface area contributed by atoms with E-state index in [0.717, 1.165) is 32.2 Å². The molecular formula is C13H11N3S. The predicted octanol–water partition coefficient (Wildman–Crippen LogP) is 3.37. The maximum absolute atomic E-state index is 4.62. The van der Waals surface area contributed by atoms with Crippen LogP contribution in [-0.4, -0.2) is 15.0 Å². The first-order valence-corrected chi connectivity index (χ1v) is 6.21. The minimum absolute atomic E-state index is 0.963. The summed E-state index contributed by atoms with van der Waals surface area (Å²) in [6.07, 6.45) is 3.68. The van der Waals surface area contributed by atoms with Crippen LogP contribution in [0.3, 0.4) is 0 Å². The van der Waals surface area contributed by atoms with E-state index in [9.17, 15) is 0 Å². The van der Waals surface area contributed by atoms with E-state index in [1.54, 1.807) is 17.5 Å². The molecule has 3 aromatic heterocycles. The van der Waals surface area contributed by atoms with Gasteiger partial charge in [-0.1, -0.05) is 6.07 Å². The van der Waals surface area contributed by atoms with E-state index in [2.05, 4.69) is 27.9 Å². The molecule has 3 heterocycles. The van der Waals surface area contributed by atoms with Crippen molar-refractivity contribution in [1.82, 2.24) is 15.0 Å². The molecule has 17 heavy (non-hydrogen) atoms. The van der Waals surface area contributed by atoms with E-state index in [4.69, 9.17) is 0 Å². The van der Waals surface area contributed by atoms with Crippen LogP contribution in [0.25, 0.3) is 20.9 Å². The van der Waals surface area contributed by atoms with Gasteiger partial charge < -0.3 is 0 Å². The summed E-state index contributed by atoms with van der Waals surface area (Å²) in [5.74, 6) is 0. The molecule has 0 saturated heterocycles. The van der Waals surface area contributed by atoms with Gasteiger partial charge in [0.2, 0.25) is 0 Å². The van der Waals surface area contributed by atoms with Crippen molar-refractivity contribution in [3.8, 4) is 10.7 Å². The Balaban J connectivity index is 2.22. The first-order chi connectivity index (χ1) is 8.24. The number of aryl methyl sites for hydroxylation is 2. The summed E-state index contributed by atoms with van der Waals surface area (Å²) < 4.78 is 1.11. The second-order valence-electron chi connectivity index (χ2n) is 3.98. The van der Waals surface area contributed by atoms with E-state index >= 15 is 0 Å². The first-order valence-electron chi connectivity index (χ1n) is 5.39. The van der Waals surface area contributed by atoms with Crippen LogP contribution in [0.15, 0.2) is 30.6 Å². The largest absolute Gasteiger partial charge is 0.260 e. The average molecular weight is 241 g/mol. The summed E-state index contributed by atoms with van der Waals surface area (Å²) in [6.45, 7) is 4.03. The van der Waals surface area contributed by atoms with E-state index in [1.807, 2.05) is 25.3 Å². The van der Waals surface area contributed by atoms with Crippen LogP contribution in [0.1, 0.15) is 11.3 Å². The molecule has 0 amide bonds. The highest BCUT2D eigenvalue weighted by molar-refractivity contribution is 7.21. The molecule has 0 aliphatic carbocycles. The Morgan fingerprint density at radius 2 is 2.06 bits per heavy atom. The van der Waals surface area contributed by atoms with Crippen molar-refractivity contribution >= 4 is 21.6 Å². The fraction of sp³-hybridized carbons (Fsp3) is 0.154. The number of hydrogen-bond acceptors (Lipinski definition) is 4. The fourth-order valence-corrected chi connectivity index (χ4v) is 2.72. The minimum atomic E-state index is 0.963. The van der Waals surface area contributed by atoms with Crippen molar-refractivity contribution in [2.75, 3.05) is 0 Å². The smallest absolute Gasteiger partial charge is 0.143 e. The third-order valence-electron chi connectivity index (χ3n) is 2.62. The van der Waals surface area contributed by atoms with E-state index in [-0.39, 0.29) is 0 Å².